The summed E-state index contributed by atoms with van der Waals surface area (Å²) in [5, 5.41) is 12.5. The Bertz CT molecular complexity index is 103. The van der Waals surface area contributed by atoms with Crippen molar-refractivity contribution in [3.63, 3.8) is 0 Å². The zero-order chi connectivity index (χ0) is 5.56. The van der Waals surface area contributed by atoms with Crippen LogP contribution in [0.3, 0.4) is 0 Å². The number of aliphatic hydroxyl groups is 1. The van der Waals surface area contributed by atoms with E-state index in [1.165, 1.54) is 12.8 Å². The van der Waals surface area contributed by atoms with Crippen LogP contribution in [0, 0.1) is 0 Å². The molecule has 3 atom stereocenters. The van der Waals surface area contributed by atoms with Gasteiger partial charge in [0.2, 0.25) is 0 Å². The van der Waals surface area contributed by atoms with E-state index in [0.717, 1.165) is 6.42 Å². The number of hydrogen-bond acceptors (Lipinski definition) is 2. The molecule has 0 aromatic heterocycles. The molecule has 0 saturated carbocycles. The molecule has 2 aliphatic rings. The van der Waals surface area contributed by atoms with E-state index in [9.17, 15) is 0 Å². The highest BCUT2D eigenvalue weighted by molar-refractivity contribution is 4.97. The molecule has 0 amide bonds. The second-order valence-corrected chi connectivity index (χ2v) is 2.85. The molecule has 2 saturated heterocycles. The van der Waals surface area contributed by atoms with Crippen LogP contribution in [0.4, 0.5) is 0 Å². The van der Waals surface area contributed by atoms with Crippen molar-refractivity contribution in [2.24, 2.45) is 0 Å². The second-order valence-electron chi connectivity index (χ2n) is 2.85. The Morgan fingerprint density at radius 2 is 2.25 bits per heavy atom. The van der Waals surface area contributed by atoms with Crippen LogP contribution in [0.25, 0.3) is 0 Å². The molecule has 2 nitrogen and oxygen atoms in total. The van der Waals surface area contributed by atoms with Gasteiger partial charge in [-0.2, -0.15) is 0 Å². The summed E-state index contributed by atoms with van der Waals surface area (Å²) >= 11 is 0. The zero-order valence-electron chi connectivity index (χ0n) is 4.80. The first-order valence-electron chi connectivity index (χ1n) is 3.30. The van der Waals surface area contributed by atoms with Crippen molar-refractivity contribution >= 4 is 0 Å². The third-order valence-corrected chi connectivity index (χ3v) is 2.27. The molecule has 2 bridgehead atoms. The van der Waals surface area contributed by atoms with E-state index in [4.69, 9.17) is 5.11 Å². The van der Waals surface area contributed by atoms with Gasteiger partial charge >= 0.3 is 0 Å². The fourth-order valence-corrected chi connectivity index (χ4v) is 1.80. The minimum absolute atomic E-state index is 0.0336. The average Bonchev–Trinajstić information content (AvgIpc) is 2.23. The van der Waals surface area contributed by atoms with Crippen LogP contribution in [0.1, 0.15) is 19.3 Å². The van der Waals surface area contributed by atoms with Crippen molar-refractivity contribution in [3.8, 4) is 0 Å². The maximum absolute atomic E-state index is 9.16. The third kappa shape index (κ3) is 0.501. The maximum atomic E-state index is 9.16. The Kier molecular flexibility index (Phi) is 0.866. The van der Waals surface area contributed by atoms with E-state index in [1.54, 1.807) is 0 Å². The summed E-state index contributed by atoms with van der Waals surface area (Å²) in [6.07, 6.45) is 3.42. The molecule has 0 aromatic carbocycles. The van der Waals surface area contributed by atoms with Gasteiger partial charge in [-0.3, -0.25) is 0 Å². The Morgan fingerprint density at radius 3 is 2.50 bits per heavy atom. The molecule has 2 heterocycles. The van der Waals surface area contributed by atoms with Crippen LogP contribution in [0.5, 0.6) is 0 Å². The second kappa shape index (κ2) is 1.45. The molecule has 2 aliphatic heterocycles. The molecule has 46 valence electrons. The lowest BCUT2D eigenvalue weighted by atomic mass is 9.98. The highest BCUT2D eigenvalue weighted by Gasteiger charge is 2.37. The van der Waals surface area contributed by atoms with Gasteiger partial charge < -0.3 is 10.4 Å². The molecule has 0 radical (unpaired) electrons. The Morgan fingerprint density at radius 1 is 1.38 bits per heavy atom. The summed E-state index contributed by atoms with van der Waals surface area (Å²) < 4.78 is 0. The molecule has 2 fully saturated rings. The maximum Gasteiger partial charge on any atom is 0.0708 e. The minimum Gasteiger partial charge on any atom is -0.391 e. The first kappa shape index (κ1) is 4.77. The summed E-state index contributed by atoms with van der Waals surface area (Å²) in [7, 11) is 0. The largest absolute Gasteiger partial charge is 0.391 e. The number of nitrogens with one attached hydrogen (secondary N) is 1. The van der Waals surface area contributed by atoms with E-state index in [-0.39, 0.29) is 6.10 Å². The van der Waals surface area contributed by atoms with E-state index in [1.807, 2.05) is 0 Å². The lowest BCUT2D eigenvalue weighted by molar-refractivity contribution is 0.145. The molecule has 8 heavy (non-hydrogen) atoms. The van der Waals surface area contributed by atoms with Gasteiger partial charge in [0.05, 0.1) is 6.10 Å². The van der Waals surface area contributed by atoms with Gasteiger partial charge in [0.25, 0.3) is 0 Å². The van der Waals surface area contributed by atoms with Gasteiger partial charge in [0, 0.05) is 12.1 Å². The van der Waals surface area contributed by atoms with E-state index >= 15 is 0 Å². The van der Waals surface area contributed by atoms with Crippen LogP contribution in [0.15, 0.2) is 0 Å². The topological polar surface area (TPSA) is 32.3 Å². The summed E-state index contributed by atoms with van der Waals surface area (Å²) in [5.74, 6) is 0. The van der Waals surface area contributed by atoms with Crippen molar-refractivity contribution in [1.82, 2.24) is 5.32 Å². The molecular weight excluding hydrogens is 102 g/mol. The first-order valence-corrected chi connectivity index (χ1v) is 3.30. The van der Waals surface area contributed by atoms with Crippen molar-refractivity contribution in [3.05, 3.63) is 0 Å². The minimum atomic E-state index is -0.0336. The average molecular weight is 113 g/mol. The van der Waals surface area contributed by atoms with Gasteiger partial charge in [-0.1, -0.05) is 0 Å². The molecule has 0 aromatic rings. The fourth-order valence-electron chi connectivity index (χ4n) is 1.80. The third-order valence-electron chi connectivity index (χ3n) is 2.27. The van der Waals surface area contributed by atoms with Crippen LogP contribution in [-0.2, 0) is 0 Å². The lowest BCUT2D eigenvalue weighted by Gasteiger charge is -2.12. The van der Waals surface area contributed by atoms with Gasteiger partial charge in [0.15, 0.2) is 0 Å². The van der Waals surface area contributed by atoms with E-state index in [0.29, 0.717) is 12.1 Å². The van der Waals surface area contributed by atoms with Crippen molar-refractivity contribution in [2.75, 3.05) is 0 Å². The van der Waals surface area contributed by atoms with Gasteiger partial charge in [-0.25, -0.2) is 0 Å². The summed E-state index contributed by atoms with van der Waals surface area (Å²) in [4.78, 5) is 0. The first-order chi connectivity index (χ1) is 3.86. The Labute approximate surface area is 48.9 Å². The van der Waals surface area contributed by atoms with Gasteiger partial charge in [-0.15, -0.1) is 0 Å². The summed E-state index contributed by atoms with van der Waals surface area (Å²) in [6.45, 7) is 0. The van der Waals surface area contributed by atoms with Gasteiger partial charge in [0.1, 0.15) is 0 Å². The van der Waals surface area contributed by atoms with Crippen LogP contribution < -0.4 is 5.32 Å². The highest BCUT2D eigenvalue weighted by atomic mass is 16.3. The smallest absolute Gasteiger partial charge is 0.0708 e. The van der Waals surface area contributed by atoms with Gasteiger partial charge in [-0.05, 0) is 19.3 Å². The SMILES string of the molecule is O[C@H]1C[C@@H]2CC[C@H]1N2. The quantitative estimate of drug-likeness (QED) is 0.458. The van der Waals surface area contributed by atoms with Crippen molar-refractivity contribution < 1.29 is 5.11 Å². The highest BCUT2D eigenvalue weighted by Crippen LogP contribution is 2.27. The molecule has 2 rings (SSSR count). The predicted molar refractivity (Wildman–Crippen MR) is 30.6 cm³/mol. The summed E-state index contributed by atoms with van der Waals surface area (Å²) in [5.41, 5.74) is 0. The van der Waals surface area contributed by atoms with Crippen LogP contribution >= 0.6 is 0 Å². The van der Waals surface area contributed by atoms with Crippen LogP contribution in [0.2, 0.25) is 0 Å². The van der Waals surface area contributed by atoms with E-state index < -0.39 is 0 Å². The fraction of sp³-hybridized carbons (Fsp3) is 1.00. The predicted octanol–water partition coefficient (Wildman–Crippen LogP) is -0.128. The molecule has 0 spiro atoms. The molecule has 2 N–H and O–H groups in total. The van der Waals surface area contributed by atoms with Crippen LogP contribution in [-0.4, -0.2) is 23.3 Å². The normalized spacial score (nSPS) is 52.9. The number of rotatable bonds is 0. The van der Waals surface area contributed by atoms with Crippen molar-refractivity contribution in [1.29, 1.82) is 0 Å². The Balaban J connectivity index is 2.11. The molecule has 0 unspecified atom stereocenters. The standard InChI is InChI=1S/C6H11NO/c8-6-3-4-1-2-5(6)7-4/h4-8H,1-3H2/t4-,5+,6-/m0/s1. The lowest BCUT2D eigenvalue weighted by Crippen LogP contribution is -2.26. The number of fused-ring (bicyclic) bond motifs is 2. The molecular formula is C6H11NO. The van der Waals surface area contributed by atoms with E-state index in [2.05, 4.69) is 5.32 Å². The molecule has 2 heteroatoms. The number of hydrogen-bond donors (Lipinski definition) is 2. The zero-order valence-corrected chi connectivity index (χ0v) is 4.80. The monoisotopic (exact) mass is 113 g/mol. The Hall–Kier alpha value is -0.0800. The number of aliphatic hydroxyl groups excluding tert-OH is 1. The molecule has 0 aliphatic carbocycles. The summed E-state index contributed by atoms with van der Waals surface area (Å²) in [6, 6.07) is 1.09. The van der Waals surface area contributed by atoms with Crippen molar-refractivity contribution in [2.45, 2.75) is 37.5 Å².